The standard InChI is InChI=1S/C24H30N2O4/c1-16-12-19(24(27)26-9-5-4-6-17(26)2)7-8-20(16)25-15-18-13-21(28-3)23-22(14-18)29-10-11-30-23/h7-8,12-14,17,25H,4-6,9-11,15H2,1-3H3/t17-/m1/s1. The number of fused-ring (bicyclic) bond motifs is 1. The molecule has 2 aliphatic heterocycles. The van der Waals surface area contributed by atoms with Crippen LogP contribution in [0.4, 0.5) is 5.69 Å². The normalized spacial score (nSPS) is 18.1. The highest BCUT2D eigenvalue weighted by atomic mass is 16.6. The number of amides is 1. The number of anilines is 1. The highest BCUT2D eigenvalue weighted by Crippen LogP contribution is 2.40. The van der Waals surface area contributed by atoms with Gasteiger partial charge in [0, 0.05) is 30.4 Å². The Morgan fingerprint density at radius 1 is 1.20 bits per heavy atom. The van der Waals surface area contributed by atoms with Crippen molar-refractivity contribution in [1.29, 1.82) is 0 Å². The monoisotopic (exact) mass is 410 g/mol. The molecular weight excluding hydrogens is 380 g/mol. The minimum Gasteiger partial charge on any atom is -0.493 e. The number of carbonyl (C=O) groups is 1. The fourth-order valence-corrected chi connectivity index (χ4v) is 4.19. The summed E-state index contributed by atoms with van der Waals surface area (Å²) in [6.45, 7) is 6.71. The molecule has 0 unspecified atom stereocenters. The predicted molar refractivity (Wildman–Crippen MR) is 117 cm³/mol. The lowest BCUT2D eigenvalue weighted by Crippen LogP contribution is -2.42. The summed E-state index contributed by atoms with van der Waals surface area (Å²) in [5, 5.41) is 3.46. The van der Waals surface area contributed by atoms with Crippen LogP contribution < -0.4 is 19.5 Å². The van der Waals surface area contributed by atoms with Crippen LogP contribution in [0, 0.1) is 6.92 Å². The van der Waals surface area contributed by atoms with Gasteiger partial charge in [-0.3, -0.25) is 4.79 Å². The van der Waals surface area contributed by atoms with Crippen molar-refractivity contribution < 1.29 is 19.0 Å². The van der Waals surface area contributed by atoms with Gasteiger partial charge in [-0.05, 0) is 74.6 Å². The zero-order valence-electron chi connectivity index (χ0n) is 18.0. The largest absolute Gasteiger partial charge is 0.493 e. The van der Waals surface area contributed by atoms with E-state index in [1.807, 2.05) is 42.2 Å². The zero-order chi connectivity index (χ0) is 21.1. The Morgan fingerprint density at radius 2 is 2.03 bits per heavy atom. The Hall–Kier alpha value is -2.89. The minimum absolute atomic E-state index is 0.133. The Morgan fingerprint density at radius 3 is 2.80 bits per heavy atom. The number of nitrogens with zero attached hydrogens (tertiary/aromatic N) is 1. The van der Waals surface area contributed by atoms with Gasteiger partial charge in [-0.1, -0.05) is 0 Å². The number of benzene rings is 2. The van der Waals surface area contributed by atoms with Crippen molar-refractivity contribution in [2.45, 2.75) is 45.7 Å². The van der Waals surface area contributed by atoms with Gasteiger partial charge >= 0.3 is 0 Å². The number of piperidine rings is 1. The van der Waals surface area contributed by atoms with Gasteiger partial charge in [0.05, 0.1) is 7.11 Å². The lowest BCUT2D eigenvalue weighted by molar-refractivity contribution is 0.0635. The molecule has 0 aliphatic carbocycles. The summed E-state index contributed by atoms with van der Waals surface area (Å²) in [4.78, 5) is 14.9. The Balaban J connectivity index is 1.46. The van der Waals surface area contributed by atoms with E-state index in [1.54, 1.807) is 7.11 Å². The second-order valence-electron chi connectivity index (χ2n) is 8.05. The van der Waals surface area contributed by atoms with Crippen LogP contribution in [0.15, 0.2) is 30.3 Å². The fourth-order valence-electron chi connectivity index (χ4n) is 4.19. The third-order valence-corrected chi connectivity index (χ3v) is 5.91. The summed E-state index contributed by atoms with van der Waals surface area (Å²) in [7, 11) is 1.63. The number of hydrogen-bond donors (Lipinski definition) is 1. The molecule has 6 nitrogen and oxygen atoms in total. The number of ether oxygens (including phenoxy) is 3. The van der Waals surface area contributed by atoms with Crippen molar-refractivity contribution in [2.75, 3.05) is 32.2 Å². The molecule has 0 radical (unpaired) electrons. The van der Waals surface area contributed by atoms with Crippen molar-refractivity contribution in [3.05, 3.63) is 47.0 Å². The molecule has 1 N–H and O–H groups in total. The van der Waals surface area contributed by atoms with Crippen LogP contribution in [-0.2, 0) is 6.54 Å². The van der Waals surface area contributed by atoms with E-state index in [9.17, 15) is 4.79 Å². The maximum Gasteiger partial charge on any atom is 0.254 e. The molecule has 160 valence electrons. The second-order valence-corrected chi connectivity index (χ2v) is 8.05. The summed E-state index contributed by atoms with van der Waals surface area (Å²) in [5.41, 5.74) is 3.85. The molecule has 6 heteroatoms. The van der Waals surface area contributed by atoms with Crippen molar-refractivity contribution in [3.8, 4) is 17.2 Å². The first kappa shape index (κ1) is 20.4. The first-order valence-corrected chi connectivity index (χ1v) is 10.7. The van der Waals surface area contributed by atoms with Crippen LogP contribution in [0.3, 0.4) is 0 Å². The van der Waals surface area contributed by atoms with Crippen LogP contribution in [0.1, 0.15) is 47.7 Å². The van der Waals surface area contributed by atoms with Gasteiger partial charge in [-0.15, -0.1) is 0 Å². The lowest BCUT2D eigenvalue weighted by atomic mass is 10.0. The number of aryl methyl sites for hydroxylation is 1. The molecular formula is C24H30N2O4. The Kier molecular flexibility index (Phi) is 6.02. The Labute approximate surface area is 178 Å². The maximum absolute atomic E-state index is 12.9. The highest BCUT2D eigenvalue weighted by Gasteiger charge is 2.24. The number of likely N-dealkylation sites (tertiary alicyclic amines) is 1. The smallest absolute Gasteiger partial charge is 0.254 e. The third-order valence-electron chi connectivity index (χ3n) is 5.91. The number of nitrogens with one attached hydrogen (secondary N) is 1. The molecule has 2 aromatic rings. The van der Waals surface area contributed by atoms with Crippen molar-refractivity contribution in [2.24, 2.45) is 0 Å². The van der Waals surface area contributed by atoms with Gasteiger partial charge in [0.15, 0.2) is 11.5 Å². The van der Waals surface area contributed by atoms with E-state index in [-0.39, 0.29) is 5.91 Å². The number of hydrogen-bond acceptors (Lipinski definition) is 5. The molecule has 0 bridgehead atoms. The number of methoxy groups -OCH3 is 1. The van der Waals surface area contributed by atoms with Gasteiger partial charge < -0.3 is 24.4 Å². The van der Waals surface area contributed by atoms with E-state index in [0.717, 1.165) is 41.8 Å². The highest BCUT2D eigenvalue weighted by molar-refractivity contribution is 5.95. The fraction of sp³-hybridized carbons (Fsp3) is 0.458. The van der Waals surface area contributed by atoms with Crippen LogP contribution in [0.5, 0.6) is 17.2 Å². The van der Waals surface area contributed by atoms with Crippen LogP contribution in [0.25, 0.3) is 0 Å². The molecule has 30 heavy (non-hydrogen) atoms. The second kappa shape index (κ2) is 8.86. The molecule has 1 saturated heterocycles. The summed E-state index contributed by atoms with van der Waals surface area (Å²) in [6, 6.07) is 10.2. The molecule has 2 aromatic carbocycles. The first-order valence-electron chi connectivity index (χ1n) is 10.7. The molecule has 0 aromatic heterocycles. The van der Waals surface area contributed by atoms with Crippen molar-refractivity contribution >= 4 is 11.6 Å². The quantitative estimate of drug-likeness (QED) is 0.792. The predicted octanol–water partition coefficient (Wildman–Crippen LogP) is 4.40. The minimum atomic E-state index is 0.133. The third kappa shape index (κ3) is 4.18. The van der Waals surface area contributed by atoms with Gasteiger partial charge in [0.25, 0.3) is 5.91 Å². The summed E-state index contributed by atoms with van der Waals surface area (Å²) in [6.07, 6.45) is 3.38. The van der Waals surface area contributed by atoms with E-state index in [0.29, 0.717) is 43.0 Å². The topological polar surface area (TPSA) is 60.0 Å². The average molecular weight is 411 g/mol. The first-order chi connectivity index (χ1) is 14.6. The van der Waals surface area contributed by atoms with Gasteiger partial charge in [-0.2, -0.15) is 0 Å². The lowest BCUT2D eigenvalue weighted by Gasteiger charge is -2.33. The van der Waals surface area contributed by atoms with E-state index >= 15 is 0 Å². The van der Waals surface area contributed by atoms with Gasteiger partial charge in [0.1, 0.15) is 13.2 Å². The molecule has 2 aliphatic rings. The molecule has 1 atom stereocenters. The van der Waals surface area contributed by atoms with E-state index < -0.39 is 0 Å². The van der Waals surface area contributed by atoms with Crippen LogP contribution >= 0.6 is 0 Å². The SMILES string of the molecule is COc1cc(CNc2ccc(C(=O)N3CCCC[C@H]3C)cc2C)cc2c1OCCO2. The molecule has 1 amide bonds. The van der Waals surface area contributed by atoms with Gasteiger partial charge in [-0.25, -0.2) is 0 Å². The van der Waals surface area contributed by atoms with Gasteiger partial charge in [0.2, 0.25) is 5.75 Å². The van der Waals surface area contributed by atoms with E-state index in [4.69, 9.17) is 14.2 Å². The maximum atomic E-state index is 12.9. The zero-order valence-corrected chi connectivity index (χ0v) is 18.0. The number of rotatable bonds is 5. The summed E-state index contributed by atoms with van der Waals surface area (Å²) in [5.74, 6) is 2.19. The molecule has 1 fully saturated rings. The average Bonchev–Trinajstić information content (AvgIpc) is 2.77. The van der Waals surface area contributed by atoms with Crippen molar-refractivity contribution in [3.63, 3.8) is 0 Å². The number of carbonyl (C=O) groups excluding carboxylic acids is 1. The summed E-state index contributed by atoms with van der Waals surface area (Å²) >= 11 is 0. The molecule has 2 heterocycles. The van der Waals surface area contributed by atoms with Crippen molar-refractivity contribution in [1.82, 2.24) is 4.90 Å². The van der Waals surface area contributed by atoms with Crippen LogP contribution in [0.2, 0.25) is 0 Å². The molecule has 0 spiro atoms. The van der Waals surface area contributed by atoms with Crippen LogP contribution in [-0.4, -0.2) is 43.7 Å². The summed E-state index contributed by atoms with van der Waals surface area (Å²) < 4.78 is 16.8. The van der Waals surface area contributed by atoms with E-state index in [2.05, 4.69) is 12.2 Å². The van der Waals surface area contributed by atoms with E-state index in [1.165, 1.54) is 6.42 Å². The Bertz CT molecular complexity index is 910. The molecule has 0 saturated carbocycles. The molecule has 4 rings (SSSR count).